The van der Waals surface area contributed by atoms with Crippen molar-refractivity contribution in [3.63, 3.8) is 0 Å². The highest BCUT2D eigenvalue weighted by Gasteiger charge is 2.76. The maximum atomic E-state index is 6.65. The van der Waals surface area contributed by atoms with Gasteiger partial charge in [0, 0.05) is 12.2 Å². The van der Waals surface area contributed by atoms with E-state index < -0.39 is 5.79 Å². The minimum absolute atomic E-state index is 0.284. The van der Waals surface area contributed by atoms with Crippen molar-refractivity contribution in [2.45, 2.75) is 49.1 Å². The van der Waals surface area contributed by atoms with Crippen LogP contribution in [0.1, 0.15) is 47.9 Å². The molecule has 0 saturated carbocycles. The minimum Gasteiger partial charge on any atom is -0.369 e. The first-order valence-corrected chi connectivity index (χ1v) is 9.44. The second kappa shape index (κ2) is 4.73. The Morgan fingerprint density at radius 1 is 0.680 bits per heavy atom. The average Bonchev–Trinajstić information content (AvgIpc) is 3.26. The Balaban J connectivity index is 1.76. The van der Waals surface area contributed by atoms with E-state index in [1.807, 2.05) is 0 Å². The largest absolute Gasteiger partial charge is 0.369 e. The Hall–Kier alpha value is -1.68. The topological polar surface area (TPSA) is 27.7 Å². The molecule has 6 rings (SSSR count). The third-order valence-corrected chi connectivity index (χ3v) is 6.90. The molecule has 0 N–H and O–H groups in total. The Morgan fingerprint density at radius 3 is 2.24 bits per heavy atom. The van der Waals surface area contributed by atoms with Gasteiger partial charge in [0.25, 0.3) is 0 Å². The lowest BCUT2D eigenvalue weighted by Gasteiger charge is -2.57. The molecule has 3 aliphatic heterocycles. The summed E-state index contributed by atoms with van der Waals surface area (Å²) in [6.45, 7) is 2.16. The molecular weight excluding hydrogens is 312 g/mol. The molecule has 1 spiro atoms. The molecule has 2 saturated heterocycles. The van der Waals surface area contributed by atoms with Gasteiger partial charge < -0.3 is 14.2 Å². The zero-order chi connectivity index (χ0) is 16.5. The normalized spacial score (nSPS) is 38.1. The fourth-order valence-corrected chi connectivity index (χ4v) is 6.17. The minimum atomic E-state index is -0.708. The second-order valence-corrected chi connectivity index (χ2v) is 7.74. The molecular formula is C22H22O3. The van der Waals surface area contributed by atoms with Gasteiger partial charge >= 0.3 is 0 Å². The van der Waals surface area contributed by atoms with Crippen LogP contribution in [0.4, 0.5) is 0 Å². The molecule has 3 atom stereocenters. The summed E-state index contributed by atoms with van der Waals surface area (Å²) in [5, 5.41) is 0. The maximum absolute atomic E-state index is 6.65. The molecule has 2 aromatic rings. The Kier molecular flexibility index (Phi) is 2.74. The number of hydrogen-bond donors (Lipinski definition) is 0. The number of hydrogen-bond acceptors (Lipinski definition) is 3. The van der Waals surface area contributed by atoms with Crippen molar-refractivity contribution in [2.75, 3.05) is 13.2 Å². The van der Waals surface area contributed by atoms with Gasteiger partial charge in [-0.1, -0.05) is 48.5 Å². The molecule has 3 heteroatoms. The lowest BCUT2D eigenvalue weighted by atomic mass is 9.59. The van der Waals surface area contributed by atoms with E-state index in [2.05, 4.69) is 48.5 Å². The molecule has 25 heavy (non-hydrogen) atoms. The summed E-state index contributed by atoms with van der Waals surface area (Å²) < 4.78 is 19.8. The number of rotatable bonds is 0. The first kappa shape index (κ1) is 14.5. The van der Waals surface area contributed by atoms with Gasteiger partial charge in [0.15, 0.2) is 0 Å². The van der Waals surface area contributed by atoms with E-state index >= 15 is 0 Å². The predicted molar refractivity (Wildman–Crippen MR) is 93.1 cm³/mol. The highest BCUT2D eigenvalue weighted by atomic mass is 16.7. The molecule has 1 aliphatic carbocycles. The van der Waals surface area contributed by atoms with Crippen molar-refractivity contribution in [3.05, 3.63) is 70.8 Å². The number of benzene rings is 2. The lowest BCUT2D eigenvalue weighted by Crippen LogP contribution is -2.62. The monoisotopic (exact) mass is 334 g/mol. The fourth-order valence-electron chi connectivity index (χ4n) is 6.17. The molecule has 0 amide bonds. The highest BCUT2D eigenvalue weighted by molar-refractivity contribution is 5.57. The second-order valence-electron chi connectivity index (χ2n) is 7.74. The van der Waals surface area contributed by atoms with Crippen LogP contribution in [0.2, 0.25) is 0 Å². The summed E-state index contributed by atoms with van der Waals surface area (Å²) in [6.07, 6.45) is 4.21. The van der Waals surface area contributed by atoms with Crippen molar-refractivity contribution in [3.8, 4) is 0 Å². The van der Waals surface area contributed by atoms with Crippen LogP contribution in [-0.4, -0.2) is 13.2 Å². The van der Waals surface area contributed by atoms with Crippen LogP contribution in [0.15, 0.2) is 48.5 Å². The summed E-state index contributed by atoms with van der Waals surface area (Å²) >= 11 is 0. The van der Waals surface area contributed by atoms with Gasteiger partial charge in [-0.25, -0.2) is 0 Å². The fraction of sp³-hybridized carbons (Fsp3) is 0.455. The van der Waals surface area contributed by atoms with Gasteiger partial charge in [0.1, 0.15) is 5.60 Å². The van der Waals surface area contributed by atoms with Crippen molar-refractivity contribution >= 4 is 0 Å². The Bertz CT molecular complexity index is 839. The van der Waals surface area contributed by atoms with Crippen LogP contribution >= 0.6 is 0 Å². The van der Waals surface area contributed by atoms with E-state index in [0.29, 0.717) is 6.61 Å². The Morgan fingerprint density at radius 2 is 1.40 bits per heavy atom. The van der Waals surface area contributed by atoms with E-state index in [9.17, 15) is 0 Å². The van der Waals surface area contributed by atoms with Crippen LogP contribution in [0.25, 0.3) is 0 Å². The highest BCUT2D eigenvalue weighted by Crippen LogP contribution is 2.71. The molecule has 0 aromatic heterocycles. The number of fused-ring (bicyclic) bond motifs is 3. The first-order valence-electron chi connectivity index (χ1n) is 9.44. The zero-order valence-corrected chi connectivity index (χ0v) is 14.3. The van der Waals surface area contributed by atoms with Crippen LogP contribution < -0.4 is 0 Å². The standard InChI is InChI=1S/C22H22O3/c1-2-8-17-16(7-1)15-25-22-19-10-4-3-9-18(19)21(12-6-13-23-21)20(17,22)11-5-14-24-22/h1-4,7-10H,5-6,11-15H2/t20-,21+,22+/m0/s1. The first-order chi connectivity index (χ1) is 12.3. The SMILES string of the molecule is c1ccc2c(c1)CO[C@@]13OCCC[C@@]21[C@@]1(CCCO1)c1ccccc13. The van der Waals surface area contributed by atoms with Crippen molar-refractivity contribution in [1.82, 2.24) is 0 Å². The molecule has 128 valence electrons. The molecule has 2 aromatic carbocycles. The molecule has 0 radical (unpaired) electrons. The van der Waals surface area contributed by atoms with Crippen LogP contribution in [0, 0.1) is 0 Å². The van der Waals surface area contributed by atoms with Crippen LogP contribution in [0.3, 0.4) is 0 Å². The summed E-state index contributed by atoms with van der Waals surface area (Å²) in [5.74, 6) is -0.708. The maximum Gasteiger partial charge on any atom is 0.208 e. The van der Waals surface area contributed by atoms with Crippen molar-refractivity contribution in [1.29, 1.82) is 0 Å². The molecule has 0 bridgehead atoms. The third kappa shape index (κ3) is 1.43. The molecule has 3 heterocycles. The zero-order valence-electron chi connectivity index (χ0n) is 14.3. The summed E-state index contributed by atoms with van der Waals surface area (Å²) in [7, 11) is 0. The van der Waals surface area contributed by atoms with Gasteiger partial charge in [0.05, 0.1) is 18.6 Å². The van der Waals surface area contributed by atoms with Gasteiger partial charge in [0.2, 0.25) is 5.79 Å². The van der Waals surface area contributed by atoms with E-state index in [4.69, 9.17) is 14.2 Å². The summed E-state index contributed by atoms with van der Waals surface area (Å²) in [4.78, 5) is 0. The predicted octanol–water partition coefficient (Wildman–Crippen LogP) is 4.14. The summed E-state index contributed by atoms with van der Waals surface area (Å²) in [6, 6.07) is 17.4. The molecule has 0 unspecified atom stereocenters. The summed E-state index contributed by atoms with van der Waals surface area (Å²) in [5.41, 5.74) is 4.51. The van der Waals surface area contributed by atoms with Crippen molar-refractivity contribution in [2.24, 2.45) is 0 Å². The van der Waals surface area contributed by atoms with E-state index in [1.165, 1.54) is 22.3 Å². The molecule has 3 nitrogen and oxygen atoms in total. The molecule has 2 fully saturated rings. The van der Waals surface area contributed by atoms with E-state index in [1.54, 1.807) is 0 Å². The van der Waals surface area contributed by atoms with Gasteiger partial charge in [-0.2, -0.15) is 0 Å². The Labute approximate surface area is 147 Å². The quantitative estimate of drug-likeness (QED) is 0.725. The van der Waals surface area contributed by atoms with Crippen LogP contribution in [-0.2, 0) is 37.6 Å². The van der Waals surface area contributed by atoms with E-state index in [0.717, 1.165) is 38.9 Å². The van der Waals surface area contributed by atoms with Crippen molar-refractivity contribution < 1.29 is 14.2 Å². The van der Waals surface area contributed by atoms with Crippen LogP contribution in [0.5, 0.6) is 0 Å². The van der Waals surface area contributed by atoms with Gasteiger partial charge in [-0.05, 0) is 42.4 Å². The van der Waals surface area contributed by atoms with Gasteiger partial charge in [-0.15, -0.1) is 0 Å². The lowest BCUT2D eigenvalue weighted by molar-refractivity contribution is -0.340. The number of ether oxygens (including phenoxy) is 3. The smallest absolute Gasteiger partial charge is 0.208 e. The third-order valence-electron chi connectivity index (χ3n) is 6.90. The van der Waals surface area contributed by atoms with Gasteiger partial charge in [-0.3, -0.25) is 0 Å². The molecule has 4 aliphatic rings. The van der Waals surface area contributed by atoms with E-state index in [-0.39, 0.29) is 11.0 Å². The average molecular weight is 334 g/mol.